The van der Waals surface area contributed by atoms with Crippen LogP contribution in [0.4, 0.5) is 10.1 Å². The van der Waals surface area contributed by atoms with Crippen LogP contribution in [0.25, 0.3) is 0 Å². The lowest BCUT2D eigenvalue weighted by Crippen LogP contribution is -2.25. The Hall–Kier alpha value is -1.58. The highest BCUT2D eigenvalue weighted by molar-refractivity contribution is 5.76. The first kappa shape index (κ1) is 12.5. The fourth-order valence-corrected chi connectivity index (χ4v) is 1.27. The third-order valence-corrected chi connectivity index (χ3v) is 2.11. The van der Waals surface area contributed by atoms with Gasteiger partial charge in [0, 0.05) is 19.5 Å². The molecule has 1 aromatic carbocycles. The van der Waals surface area contributed by atoms with Gasteiger partial charge >= 0.3 is 0 Å². The van der Waals surface area contributed by atoms with E-state index in [0.717, 1.165) is 6.42 Å². The van der Waals surface area contributed by atoms with Gasteiger partial charge in [-0.1, -0.05) is 19.1 Å². The summed E-state index contributed by atoms with van der Waals surface area (Å²) in [6, 6.07) is 6.43. The van der Waals surface area contributed by atoms with Gasteiger partial charge in [0.25, 0.3) is 0 Å². The van der Waals surface area contributed by atoms with Crippen molar-refractivity contribution >= 4 is 11.6 Å². The van der Waals surface area contributed by atoms with Crippen molar-refractivity contribution in [2.24, 2.45) is 0 Å². The van der Waals surface area contributed by atoms with Crippen LogP contribution in [0.5, 0.6) is 0 Å². The number of carbonyl (C=O) groups excluding carboxylic acids is 1. The first-order valence-corrected chi connectivity index (χ1v) is 5.49. The number of carbonyl (C=O) groups is 1. The van der Waals surface area contributed by atoms with Crippen molar-refractivity contribution in [1.29, 1.82) is 0 Å². The van der Waals surface area contributed by atoms with Gasteiger partial charge in [-0.3, -0.25) is 4.79 Å². The van der Waals surface area contributed by atoms with E-state index in [-0.39, 0.29) is 11.7 Å². The number of rotatable bonds is 6. The summed E-state index contributed by atoms with van der Waals surface area (Å²) < 4.78 is 13.2. The Morgan fingerprint density at radius 2 is 2.06 bits per heavy atom. The van der Waals surface area contributed by atoms with Gasteiger partial charge in [-0.05, 0) is 18.6 Å². The second-order valence-corrected chi connectivity index (χ2v) is 3.51. The Kier molecular flexibility index (Phi) is 5.32. The summed E-state index contributed by atoms with van der Waals surface area (Å²) in [5, 5.41) is 5.64. The first-order valence-electron chi connectivity index (χ1n) is 5.49. The molecule has 3 nitrogen and oxygen atoms in total. The SMILES string of the molecule is CCCNC(=O)CCNc1ccccc1F. The Morgan fingerprint density at radius 3 is 2.75 bits per heavy atom. The molecule has 0 aliphatic heterocycles. The number of hydrogen-bond donors (Lipinski definition) is 2. The van der Waals surface area contributed by atoms with Crippen molar-refractivity contribution in [3.8, 4) is 0 Å². The van der Waals surface area contributed by atoms with Gasteiger partial charge in [0.15, 0.2) is 0 Å². The Bertz CT molecular complexity index is 342. The van der Waals surface area contributed by atoms with Crippen molar-refractivity contribution in [2.75, 3.05) is 18.4 Å². The molecule has 1 rings (SSSR count). The molecule has 88 valence electrons. The van der Waals surface area contributed by atoms with E-state index in [4.69, 9.17) is 0 Å². The lowest BCUT2D eigenvalue weighted by Gasteiger charge is -2.07. The maximum Gasteiger partial charge on any atom is 0.221 e. The van der Waals surface area contributed by atoms with Crippen molar-refractivity contribution in [3.63, 3.8) is 0 Å². The fourth-order valence-electron chi connectivity index (χ4n) is 1.27. The average Bonchev–Trinajstić information content (AvgIpc) is 2.29. The van der Waals surface area contributed by atoms with Crippen LogP contribution in [-0.2, 0) is 4.79 Å². The van der Waals surface area contributed by atoms with Crippen molar-refractivity contribution in [2.45, 2.75) is 19.8 Å². The first-order chi connectivity index (χ1) is 7.74. The van der Waals surface area contributed by atoms with E-state index >= 15 is 0 Å². The number of para-hydroxylation sites is 1. The van der Waals surface area contributed by atoms with E-state index in [9.17, 15) is 9.18 Å². The number of benzene rings is 1. The number of halogens is 1. The molecule has 16 heavy (non-hydrogen) atoms. The van der Waals surface area contributed by atoms with Crippen LogP contribution in [0.15, 0.2) is 24.3 Å². The third-order valence-electron chi connectivity index (χ3n) is 2.11. The highest BCUT2D eigenvalue weighted by atomic mass is 19.1. The monoisotopic (exact) mass is 224 g/mol. The van der Waals surface area contributed by atoms with Crippen LogP contribution >= 0.6 is 0 Å². The predicted molar refractivity (Wildman–Crippen MR) is 62.8 cm³/mol. The largest absolute Gasteiger partial charge is 0.382 e. The second kappa shape index (κ2) is 6.82. The van der Waals surface area contributed by atoms with E-state index in [2.05, 4.69) is 10.6 Å². The molecule has 1 aromatic rings. The zero-order valence-electron chi connectivity index (χ0n) is 9.42. The summed E-state index contributed by atoms with van der Waals surface area (Å²) in [6.07, 6.45) is 1.28. The number of amides is 1. The molecule has 0 saturated carbocycles. The maximum atomic E-state index is 13.2. The zero-order chi connectivity index (χ0) is 11.8. The van der Waals surface area contributed by atoms with Gasteiger partial charge in [0.05, 0.1) is 5.69 Å². The molecule has 0 saturated heterocycles. The normalized spacial score (nSPS) is 9.88. The van der Waals surface area contributed by atoms with Crippen molar-refractivity contribution in [1.82, 2.24) is 5.32 Å². The zero-order valence-corrected chi connectivity index (χ0v) is 9.42. The van der Waals surface area contributed by atoms with Crippen LogP contribution in [0.3, 0.4) is 0 Å². The van der Waals surface area contributed by atoms with E-state index in [1.807, 2.05) is 6.92 Å². The van der Waals surface area contributed by atoms with E-state index in [1.54, 1.807) is 18.2 Å². The summed E-state index contributed by atoms with van der Waals surface area (Å²) in [6.45, 7) is 3.13. The predicted octanol–water partition coefficient (Wildman–Crippen LogP) is 2.15. The lowest BCUT2D eigenvalue weighted by molar-refractivity contribution is -0.120. The van der Waals surface area contributed by atoms with Gasteiger partial charge in [-0.15, -0.1) is 0 Å². The Labute approximate surface area is 95.0 Å². The molecule has 4 heteroatoms. The molecule has 0 heterocycles. The summed E-state index contributed by atoms with van der Waals surface area (Å²) in [7, 11) is 0. The minimum Gasteiger partial charge on any atom is -0.382 e. The van der Waals surface area contributed by atoms with E-state index in [1.165, 1.54) is 6.07 Å². The van der Waals surface area contributed by atoms with Gasteiger partial charge < -0.3 is 10.6 Å². The van der Waals surface area contributed by atoms with Gasteiger partial charge in [0.2, 0.25) is 5.91 Å². The molecule has 0 aliphatic rings. The fraction of sp³-hybridized carbons (Fsp3) is 0.417. The van der Waals surface area contributed by atoms with Crippen LogP contribution in [-0.4, -0.2) is 19.0 Å². The van der Waals surface area contributed by atoms with Crippen LogP contribution < -0.4 is 10.6 Å². The average molecular weight is 224 g/mol. The third kappa shape index (κ3) is 4.29. The molecule has 0 atom stereocenters. The molecule has 0 spiro atoms. The Balaban J connectivity index is 2.25. The molecular weight excluding hydrogens is 207 g/mol. The van der Waals surface area contributed by atoms with Gasteiger partial charge in [0.1, 0.15) is 5.82 Å². The summed E-state index contributed by atoms with van der Waals surface area (Å²) in [5.74, 6) is -0.304. The highest BCUT2D eigenvalue weighted by Crippen LogP contribution is 2.11. The van der Waals surface area contributed by atoms with Crippen molar-refractivity contribution in [3.05, 3.63) is 30.1 Å². The quantitative estimate of drug-likeness (QED) is 0.777. The molecule has 0 aliphatic carbocycles. The molecular formula is C12H17FN2O. The van der Waals surface area contributed by atoms with E-state index in [0.29, 0.717) is 25.2 Å². The summed E-state index contributed by atoms with van der Waals surface area (Å²) in [5.41, 5.74) is 0.436. The number of anilines is 1. The standard InChI is InChI=1S/C12H17FN2O/c1-2-8-15-12(16)7-9-14-11-6-4-3-5-10(11)13/h3-6,14H,2,7-9H2,1H3,(H,15,16). The van der Waals surface area contributed by atoms with E-state index < -0.39 is 0 Å². The summed E-state index contributed by atoms with van der Waals surface area (Å²) in [4.78, 5) is 11.2. The lowest BCUT2D eigenvalue weighted by atomic mass is 10.3. The molecule has 0 fully saturated rings. The molecule has 0 bridgehead atoms. The van der Waals surface area contributed by atoms with Gasteiger partial charge in [-0.2, -0.15) is 0 Å². The maximum absolute atomic E-state index is 13.2. The molecule has 2 N–H and O–H groups in total. The minimum atomic E-state index is -0.295. The number of nitrogens with one attached hydrogen (secondary N) is 2. The van der Waals surface area contributed by atoms with Gasteiger partial charge in [-0.25, -0.2) is 4.39 Å². The summed E-state index contributed by atoms with van der Waals surface area (Å²) >= 11 is 0. The minimum absolute atomic E-state index is 0.00862. The molecule has 0 aromatic heterocycles. The number of hydrogen-bond acceptors (Lipinski definition) is 2. The smallest absolute Gasteiger partial charge is 0.221 e. The van der Waals surface area contributed by atoms with Crippen LogP contribution in [0.2, 0.25) is 0 Å². The topological polar surface area (TPSA) is 41.1 Å². The molecule has 0 unspecified atom stereocenters. The molecule has 0 radical (unpaired) electrons. The Morgan fingerprint density at radius 1 is 1.31 bits per heavy atom. The van der Waals surface area contributed by atoms with Crippen LogP contribution in [0, 0.1) is 5.82 Å². The van der Waals surface area contributed by atoms with Crippen molar-refractivity contribution < 1.29 is 9.18 Å². The van der Waals surface area contributed by atoms with Crippen LogP contribution in [0.1, 0.15) is 19.8 Å². The highest BCUT2D eigenvalue weighted by Gasteiger charge is 2.02. The second-order valence-electron chi connectivity index (χ2n) is 3.51. The molecule has 1 amide bonds.